The molecule has 0 spiro atoms. The fourth-order valence-corrected chi connectivity index (χ4v) is 2.66. The maximum Gasteiger partial charge on any atom is 0.247 e. The Labute approximate surface area is 129 Å². The molecular formula is C13H19BrF2N2OS. The number of halogens is 3. The fraction of sp³-hybridized carbons (Fsp3) is 0.615. The molecule has 1 heterocycles. The molecular weight excluding hydrogens is 350 g/mol. The van der Waals surface area contributed by atoms with Gasteiger partial charge in [-0.05, 0) is 55.8 Å². The minimum Gasteiger partial charge on any atom is -0.244 e. The normalized spacial score (nSPS) is 15.9. The summed E-state index contributed by atoms with van der Waals surface area (Å²) in [6.45, 7) is 6.20. The molecule has 0 aliphatic heterocycles. The van der Waals surface area contributed by atoms with Gasteiger partial charge in [-0.1, -0.05) is 6.07 Å². The largest absolute Gasteiger partial charge is 0.247 e. The molecule has 1 unspecified atom stereocenters. The van der Waals surface area contributed by atoms with Gasteiger partial charge in [-0.25, -0.2) is 22.7 Å². The van der Waals surface area contributed by atoms with Gasteiger partial charge in [0.25, 0.3) is 0 Å². The Kier molecular flexibility index (Phi) is 5.80. The molecule has 1 aromatic rings. The quantitative estimate of drug-likeness (QED) is 0.798. The lowest BCUT2D eigenvalue weighted by molar-refractivity contribution is 0.00429. The van der Waals surface area contributed by atoms with Gasteiger partial charge in [0.1, 0.15) is 4.60 Å². The number of nitrogens with one attached hydrogen (secondary N) is 1. The molecule has 1 rings (SSSR count). The molecule has 0 amide bonds. The average Bonchev–Trinajstić information content (AvgIpc) is 2.25. The molecule has 1 N–H and O–H groups in total. The minimum atomic E-state index is -2.87. The van der Waals surface area contributed by atoms with Crippen LogP contribution in [0, 0.1) is 0 Å². The van der Waals surface area contributed by atoms with Gasteiger partial charge < -0.3 is 0 Å². The maximum absolute atomic E-state index is 13.3. The van der Waals surface area contributed by atoms with E-state index in [0.29, 0.717) is 10.3 Å². The van der Waals surface area contributed by atoms with E-state index in [1.807, 2.05) is 0 Å². The third-order valence-electron chi connectivity index (χ3n) is 2.46. The molecule has 0 bridgehead atoms. The van der Waals surface area contributed by atoms with Crippen LogP contribution in [-0.4, -0.2) is 19.9 Å². The standard InChI is InChI=1S/C13H19BrF2N2OS/c1-12(2,3)20(19)18-10(8-13(4,15)16)9-6-5-7-11(14)17-9/h5-7,10,18H,8H2,1-4H3/t10-,20?/m0/s1. The average molecular weight is 369 g/mol. The number of rotatable bonds is 5. The van der Waals surface area contributed by atoms with Crippen LogP contribution in [0.3, 0.4) is 0 Å². The first-order valence-corrected chi connectivity index (χ1v) is 8.12. The van der Waals surface area contributed by atoms with Crippen LogP contribution in [0.1, 0.15) is 45.9 Å². The fourth-order valence-electron chi connectivity index (χ4n) is 1.49. The smallest absolute Gasteiger partial charge is 0.244 e. The Hall–Kier alpha value is -0.400. The molecule has 0 aliphatic carbocycles. The van der Waals surface area contributed by atoms with Gasteiger partial charge in [0.2, 0.25) is 5.92 Å². The summed E-state index contributed by atoms with van der Waals surface area (Å²) in [5.74, 6) is -2.87. The van der Waals surface area contributed by atoms with E-state index in [2.05, 4.69) is 25.6 Å². The predicted molar refractivity (Wildman–Crippen MR) is 80.9 cm³/mol. The molecule has 20 heavy (non-hydrogen) atoms. The van der Waals surface area contributed by atoms with Crippen LogP contribution < -0.4 is 4.72 Å². The van der Waals surface area contributed by atoms with E-state index in [0.717, 1.165) is 6.92 Å². The highest BCUT2D eigenvalue weighted by Gasteiger charge is 2.31. The summed E-state index contributed by atoms with van der Waals surface area (Å²) in [4.78, 5) is 4.18. The van der Waals surface area contributed by atoms with Crippen LogP contribution in [0.15, 0.2) is 22.8 Å². The molecule has 1 aromatic heterocycles. The van der Waals surface area contributed by atoms with Gasteiger partial charge >= 0.3 is 0 Å². The third-order valence-corrected chi connectivity index (χ3v) is 4.51. The lowest BCUT2D eigenvalue weighted by Crippen LogP contribution is -2.37. The number of nitrogens with zero attached hydrogens (tertiary/aromatic N) is 1. The number of hydrogen-bond donors (Lipinski definition) is 1. The van der Waals surface area contributed by atoms with Crippen LogP contribution in [0.5, 0.6) is 0 Å². The van der Waals surface area contributed by atoms with E-state index in [-0.39, 0.29) is 0 Å². The Balaban J connectivity index is 3.00. The van der Waals surface area contributed by atoms with Gasteiger partial charge in [-0.3, -0.25) is 0 Å². The van der Waals surface area contributed by atoms with Gasteiger partial charge in [-0.2, -0.15) is 0 Å². The highest BCUT2D eigenvalue weighted by molar-refractivity contribution is 9.10. The summed E-state index contributed by atoms with van der Waals surface area (Å²) < 4.78 is 41.6. The van der Waals surface area contributed by atoms with E-state index in [4.69, 9.17) is 0 Å². The number of alkyl halides is 2. The Morgan fingerprint density at radius 3 is 2.40 bits per heavy atom. The second-order valence-corrected chi connectivity index (χ2v) is 8.52. The minimum absolute atomic E-state index is 0.443. The van der Waals surface area contributed by atoms with E-state index in [9.17, 15) is 13.0 Å². The topological polar surface area (TPSA) is 42.0 Å². The summed E-state index contributed by atoms with van der Waals surface area (Å²) in [6, 6.07) is 4.31. The molecule has 2 atom stereocenters. The molecule has 114 valence electrons. The van der Waals surface area contributed by atoms with E-state index in [1.165, 1.54) is 0 Å². The van der Waals surface area contributed by atoms with E-state index in [1.54, 1.807) is 39.0 Å². The van der Waals surface area contributed by atoms with E-state index < -0.39 is 34.1 Å². The van der Waals surface area contributed by atoms with Gasteiger partial charge in [0.05, 0.1) is 27.5 Å². The maximum atomic E-state index is 13.3. The van der Waals surface area contributed by atoms with Crippen molar-refractivity contribution in [3.8, 4) is 0 Å². The number of pyridine rings is 1. The summed E-state index contributed by atoms with van der Waals surface area (Å²) in [5, 5.41) is 0. The van der Waals surface area contributed by atoms with Crippen molar-refractivity contribution >= 4 is 26.9 Å². The van der Waals surface area contributed by atoms with Crippen molar-refractivity contribution in [2.24, 2.45) is 0 Å². The van der Waals surface area contributed by atoms with Crippen molar-refractivity contribution in [1.82, 2.24) is 9.71 Å². The van der Waals surface area contributed by atoms with Crippen LogP contribution in [0.25, 0.3) is 0 Å². The van der Waals surface area contributed by atoms with E-state index >= 15 is 0 Å². The Morgan fingerprint density at radius 2 is 1.95 bits per heavy atom. The van der Waals surface area contributed by atoms with Gasteiger partial charge in [-0.15, -0.1) is 0 Å². The zero-order valence-electron chi connectivity index (χ0n) is 11.9. The van der Waals surface area contributed by atoms with Crippen molar-refractivity contribution in [1.29, 1.82) is 0 Å². The lowest BCUT2D eigenvalue weighted by atomic mass is 10.1. The van der Waals surface area contributed by atoms with Crippen LogP contribution in [0.4, 0.5) is 8.78 Å². The number of hydrogen-bond acceptors (Lipinski definition) is 2. The second kappa shape index (κ2) is 6.58. The molecule has 0 fully saturated rings. The molecule has 0 aromatic carbocycles. The van der Waals surface area contributed by atoms with Crippen molar-refractivity contribution in [3.63, 3.8) is 0 Å². The zero-order valence-corrected chi connectivity index (χ0v) is 14.3. The first-order chi connectivity index (χ1) is 8.99. The zero-order chi connectivity index (χ0) is 15.6. The van der Waals surface area contributed by atoms with Crippen molar-refractivity contribution in [2.45, 2.75) is 50.8 Å². The van der Waals surface area contributed by atoms with Crippen molar-refractivity contribution in [3.05, 3.63) is 28.5 Å². The first kappa shape index (κ1) is 17.7. The van der Waals surface area contributed by atoms with Crippen molar-refractivity contribution in [2.75, 3.05) is 0 Å². The molecule has 0 aliphatic rings. The molecule has 0 radical (unpaired) electrons. The molecule has 3 nitrogen and oxygen atoms in total. The predicted octanol–water partition coefficient (Wildman–Crippen LogP) is 3.98. The molecule has 7 heteroatoms. The summed E-state index contributed by atoms with van der Waals surface area (Å²) in [6.07, 6.45) is -0.460. The second-order valence-electron chi connectivity index (χ2n) is 5.71. The summed E-state index contributed by atoms with van der Waals surface area (Å²) >= 11 is 3.21. The number of aromatic nitrogens is 1. The first-order valence-electron chi connectivity index (χ1n) is 6.17. The molecule has 0 saturated heterocycles. The third kappa shape index (κ3) is 5.93. The van der Waals surface area contributed by atoms with Crippen LogP contribution >= 0.6 is 15.9 Å². The van der Waals surface area contributed by atoms with Crippen LogP contribution in [-0.2, 0) is 11.0 Å². The lowest BCUT2D eigenvalue weighted by Gasteiger charge is -2.25. The van der Waals surface area contributed by atoms with Gasteiger partial charge in [0.15, 0.2) is 0 Å². The summed E-state index contributed by atoms with van der Waals surface area (Å²) in [5.41, 5.74) is 0.443. The van der Waals surface area contributed by atoms with Crippen LogP contribution in [0.2, 0.25) is 0 Å². The van der Waals surface area contributed by atoms with Crippen molar-refractivity contribution < 1.29 is 13.0 Å². The monoisotopic (exact) mass is 368 g/mol. The SMILES string of the molecule is CC(F)(F)C[C@H](NS(=O)C(C)(C)C)c1cccc(Br)n1. The highest BCUT2D eigenvalue weighted by Crippen LogP contribution is 2.29. The Morgan fingerprint density at radius 1 is 1.35 bits per heavy atom. The molecule has 0 saturated carbocycles. The Bertz CT molecular complexity index is 486. The highest BCUT2D eigenvalue weighted by atomic mass is 79.9. The van der Waals surface area contributed by atoms with Gasteiger partial charge in [0, 0.05) is 6.42 Å². The summed E-state index contributed by atoms with van der Waals surface area (Å²) in [7, 11) is -1.45.